The molecule has 0 atom stereocenters. The van der Waals surface area contributed by atoms with E-state index in [4.69, 9.17) is 16.3 Å². The summed E-state index contributed by atoms with van der Waals surface area (Å²) in [6, 6.07) is 0. The van der Waals surface area contributed by atoms with Gasteiger partial charge < -0.3 is 4.74 Å². The summed E-state index contributed by atoms with van der Waals surface area (Å²) in [6.07, 6.45) is 1.42. The van der Waals surface area contributed by atoms with Crippen LogP contribution in [0.25, 0.3) is 0 Å². The van der Waals surface area contributed by atoms with E-state index < -0.39 is 0 Å². The summed E-state index contributed by atoms with van der Waals surface area (Å²) in [5.74, 6) is 2.55. The zero-order valence-corrected chi connectivity index (χ0v) is 8.92. The molecule has 0 aliphatic rings. The van der Waals surface area contributed by atoms with Crippen LogP contribution in [0.15, 0.2) is 0 Å². The lowest BCUT2D eigenvalue weighted by molar-refractivity contribution is -0.143. The first-order chi connectivity index (χ1) is 5.81. The van der Waals surface area contributed by atoms with E-state index in [2.05, 4.69) is 0 Å². The minimum absolute atomic E-state index is 0.0935. The highest BCUT2D eigenvalue weighted by atomic mass is 35.5. The number of halogens is 1. The molecule has 0 radical (unpaired) electrons. The molecule has 0 bridgehead atoms. The maximum atomic E-state index is 10.8. The van der Waals surface area contributed by atoms with E-state index in [9.17, 15) is 4.79 Å². The van der Waals surface area contributed by atoms with Gasteiger partial charge in [0.15, 0.2) is 0 Å². The van der Waals surface area contributed by atoms with Crippen LogP contribution in [0, 0.1) is 0 Å². The van der Waals surface area contributed by atoms with Crippen LogP contribution in [0.2, 0.25) is 0 Å². The smallest absolute Gasteiger partial charge is 0.305 e. The topological polar surface area (TPSA) is 26.3 Å². The SMILES string of the molecule is CCOC(=O)CCCSCCCl. The number of alkyl halides is 1. The minimum atomic E-state index is -0.0935. The molecule has 0 heterocycles. The molecule has 0 unspecified atom stereocenters. The van der Waals surface area contributed by atoms with Crippen LogP contribution in [-0.2, 0) is 9.53 Å². The van der Waals surface area contributed by atoms with Crippen molar-refractivity contribution >= 4 is 29.3 Å². The zero-order valence-electron chi connectivity index (χ0n) is 7.35. The van der Waals surface area contributed by atoms with Crippen molar-refractivity contribution in [3.05, 3.63) is 0 Å². The maximum absolute atomic E-state index is 10.8. The minimum Gasteiger partial charge on any atom is -0.466 e. The fourth-order valence-corrected chi connectivity index (χ4v) is 1.70. The summed E-state index contributed by atoms with van der Waals surface area (Å²) in [5.41, 5.74) is 0. The van der Waals surface area contributed by atoms with Crippen LogP contribution >= 0.6 is 23.4 Å². The predicted molar refractivity (Wildman–Crippen MR) is 53.9 cm³/mol. The highest BCUT2D eigenvalue weighted by Crippen LogP contribution is 2.05. The van der Waals surface area contributed by atoms with Gasteiger partial charge in [-0.2, -0.15) is 11.8 Å². The Labute approximate surface area is 83.0 Å². The summed E-state index contributed by atoms with van der Waals surface area (Å²) < 4.78 is 4.77. The zero-order chi connectivity index (χ0) is 9.23. The van der Waals surface area contributed by atoms with Gasteiger partial charge in [0, 0.05) is 18.1 Å². The third-order valence-electron chi connectivity index (χ3n) is 1.20. The van der Waals surface area contributed by atoms with E-state index in [1.807, 2.05) is 6.92 Å². The van der Waals surface area contributed by atoms with Gasteiger partial charge in [-0.25, -0.2) is 0 Å². The van der Waals surface area contributed by atoms with Crippen molar-refractivity contribution in [2.45, 2.75) is 19.8 Å². The highest BCUT2D eigenvalue weighted by Gasteiger charge is 1.99. The molecule has 0 aliphatic carbocycles. The number of hydrogen-bond acceptors (Lipinski definition) is 3. The number of carbonyl (C=O) groups excluding carboxylic acids is 1. The molecule has 0 fully saturated rings. The first-order valence-corrected chi connectivity index (χ1v) is 5.79. The lowest BCUT2D eigenvalue weighted by Crippen LogP contribution is -2.03. The quantitative estimate of drug-likeness (QED) is 0.367. The average molecular weight is 211 g/mol. The summed E-state index contributed by atoms with van der Waals surface area (Å²) in [5, 5.41) is 0. The van der Waals surface area contributed by atoms with E-state index in [0.29, 0.717) is 18.9 Å². The highest BCUT2D eigenvalue weighted by molar-refractivity contribution is 7.99. The van der Waals surface area contributed by atoms with E-state index in [1.54, 1.807) is 11.8 Å². The van der Waals surface area contributed by atoms with Crippen molar-refractivity contribution in [1.82, 2.24) is 0 Å². The average Bonchev–Trinajstić information content (AvgIpc) is 2.05. The molecule has 0 saturated carbocycles. The molecule has 0 amide bonds. The third kappa shape index (κ3) is 8.21. The lowest BCUT2D eigenvalue weighted by atomic mass is 10.3. The van der Waals surface area contributed by atoms with Crippen molar-refractivity contribution < 1.29 is 9.53 Å². The fraction of sp³-hybridized carbons (Fsp3) is 0.875. The molecule has 4 heteroatoms. The van der Waals surface area contributed by atoms with E-state index >= 15 is 0 Å². The van der Waals surface area contributed by atoms with E-state index in [0.717, 1.165) is 17.9 Å². The second kappa shape index (κ2) is 9.20. The number of hydrogen-bond donors (Lipinski definition) is 0. The predicted octanol–water partition coefficient (Wildman–Crippen LogP) is 2.30. The number of esters is 1. The molecule has 2 nitrogen and oxygen atoms in total. The molecule has 0 saturated heterocycles. The van der Waals surface area contributed by atoms with Crippen molar-refractivity contribution in [2.24, 2.45) is 0 Å². The Kier molecular flexibility index (Phi) is 9.28. The summed E-state index contributed by atoms with van der Waals surface area (Å²) in [4.78, 5) is 10.8. The van der Waals surface area contributed by atoms with Gasteiger partial charge in [-0.05, 0) is 19.1 Å². The van der Waals surface area contributed by atoms with Crippen LogP contribution in [0.4, 0.5) is 0 Å². The van der Waals surface area contributed by atoms with Gasteiger partial charge >= 0.3 is 5.97 Å². The Morgan fingerprint density at radius 3 is 2.83 bits per heavy atom. The summed E-state index contributed by atoms with van der Waals surface area (Å²) in [7, 11) is 0. The second-order valence-electron chi connectivity index (χ2n) is 2.21. The van der Waals surface area contributed by atoms with Crippen LogP contribution in [-0.4, -0.2) is 30.0 Å². The molecule has 0 aliphatic heterocycles. The van der Waals surface area contributed by atoms with E-state index in [-0.39, 0.29) is 5.97 Å². The molecule has 0 rings (SSSR count). The van der Waals surface area contributed by atoms with Crippen LogP contribution in [0.5, 0.6) is 0 Å². The first kappa shape index (κ1) is 12.1. The monoisotopic (exact) mass is 210 g/mol. The second-order valence-corrected chi connectivity index (χ2v) is 3.81. The van der Waals surface area contributed by atoms with Crippen LogP contribution < -0.4 is 0 Å². The molecule has 12 heavy (non-hydrogen) atoms. The van der Waals surface area contributed by atoms with Crippen molar-refractivity contribution in [1.29, 1.82) is 0 Å². The fourth-order valence-electron chi connectivity index (χ4n) is 0.708. The molecule has 0 spiro atoms. The number of carbonyl (C=O) groups is 1. The van der Waals surface area contributed by atoms with Crippen LogP contribution in [0.3, 0.4) is 0 Å². The normalized spacial score (nSPS) is 9.83. The van der Waals surface area contributed by atoms with E-state index in [1.165, 1.54) is 0 Å². The van der Waals surface area contributed by atoms with Gasteiger partial charge in [0.05, 0.1) is 6.61 Å². The van der Waals surface area contributed by atoms with Gasteiger partial charge in [0.1, 0.15) is 0 Å². The standard InChI is InChI=1S/C8H15ClO2S/c1-2-11-8(10)4-3-6-12-7-5-9/h2-7H2,1H3. The maximum Gasteiger partial charge on any atom is 0.305 e. The molecule has 0 aromatic rings. The van der Waals surface area contributed by atoms with Gasteiger partial charge in [-0.3, -0.25) is 4.79 Å². The van der Waals surface area contributed by atoms with Gasteiger partial charge in [0.2, 0.25) is 0 Å². The van der Waals surface area contributed by atoms with Crippen LogP contribution in [0.1, 0.15) is 19.8 Å². The number of rotatable bonds is 7. The third-order valence-corrected chi connectivity index (χ3v) is 2.68. The van der Waals surface area contributed by atoms with Crippen molar-refractivity contribution in [3.8, 4) is 0 Å². The number of ether oxygens (including phenoxy) is 1. The van der Waals surface area contributed by atoms with Gasteiger partial charge in [0.25, 0.3) is 0 Å². The molecular formula is C8H15ClO2S. The Bertz CT molecular complexity index is 120. The van der Waals surface area contributed by atoms with Gasteiger partial charge in [-0.15, -0.1) is 11.6 Å². The summed E-state index contributed by atoms with van der Waals surface area (Å²) >= 11 is 7.25. The molecule has 0 N–H and O–H groups in total. The lowest BCUT2D eigenvalue weighted by Gasteiger charge is -2.00. The number of thioether (sulfide) groups is 1. The molecular weight excluding hydrogens is 196 g/mol. The Hall–Kier alpha value is 0.110. The van der Waals surface area contributed by atoms with Gasteiger partial charge in [-0.1, -0.05) is 0 Å². The molecule has 0 aromatic heterocycles. The first-order valence-electron chi connectivity index (χ1n) is 4.10. The largest absolute Gasteiger partial charge is 0.466 e. The Morgan fingerprint density at radius 2 is 2.25 bits per heavy atom. The summed E-state index contributed by atoms with van der Waals surface area (Å²) in [6.45, 7) is 2.30. The Morgan fingerprint density at radius 1 is 1.50 bits per heavy atom. The Balaban J connectivity index is 3.03. The van der Waals surface area contributed by atoms with Crippen molar-refractivity contribution in [2.75, 3.05) is 24.0 Å². The molecule has 0 aromatic carbocycles. The van der Waals surface area contributed by atoms with Crippen molar-refractivity contribution in [3.63, 3.8) is 0 Å². The molecule has 72 valence electrons.